The van der Waals surface area contributed by atoms with Gasteiger partial charge in [0.05, 0.1) is 30.1 Å². The van der Waals surface area contributed by atoms with E-state index in [1.165, 1.54) is 0 Å². The molecule has 0 saturated carbocycles. The minimum atomic E-state index is -0.530. The Kier molecular flexibility index (Phi) is 5.53. The van der Waals surface area contributed by atoms with E-state index in [-0.39, 0.29) is 0 Å². The predicted octanol–water partition coefficient (Wildman–Crippen LogP) is 4.60. The van der Waals surface area contributed by atoms with Gasteiger partial charge in [-0.2, -0.15) is 0 Å². The fourth-order valence-corrected chi connectivity index (χ4v) is 3.65. The van der Waals surface area contributed by atoms with E-state index in [0.717, 1.165) is 27.6 Å². The molecule has 5 rings (SSSR count). The van der Waals surface area contributed by atoms with Crippen LogP contribution < -0.4 is 15.8 Å². The Labute approximate surface area is 195 Å². The summed E-state index contributed by atoms with van der Waals surface area (Å²) in [6.07, 6.45) is 6.82. The molecule has 3 N–H and O–H groups in total. The fourth-order valence-electron chi connectivity index (χ4n) is 3.65. The van der Waals surface area contributed by atoms with E-state index in [4.69, 9.17) is 20.4 Å². The van der Waals surface area contributed by atoms with Crippen LogP contribution in [0.4, 0.5) is 11.5 Å². The minimum absolute atomic E-state index is 0.366. The van der Waals surface area contributed by atoms with Crippen molar-refractivity contribution in [3.63, 3.8) is 0 Å². The summed E-state index contributed by atoms with van der Waals surface area (Å²) in [4.78, 5) is 30.0. The van der Waals surface area contributed by atoms with Gasteiger partial charge in [-0.15, -0.1) is 0 Å². The van der Waals surface area contributed by atoms with Crippen molar-refractivity contribution in [2.45, 2.75) is 0 Å². The topological polar surface area (TPSA) is 116 Å². The Morgan fingerprint density at radius 1 is 0.882 bits per heavy atom. The molecule has 0 aliphatic rings. The fraction of sp³-hybridized carbons (Fsp3) is 0.0385. The summed E-state index contributed by atoms with van der Waals surface area (Å²) >= 11 is 0. The molecule has 8 nitrogen and oxygen atoms in total. The van der Waals surface area contributed by atoms with Gasteiger partial charge in [-0.3, -0.25) is 14.8 Å². The summed E-state index contributed by atoms with van der Waals surface area (Å²) < 4.78 is 5.32. The lowest BCUT2D eigenvalue weighted by Gasteiger charge is -2.14. The Morgan fingerprint density at radius 2 is 1.74 bits per heavy atom. The summed E-state index contributed by atoms with van der Waals surface area (Å²) in [5.41, 5.74) is 9.83. The number of nitrogens with two attached hydrogens (primary N) is 1. The SMILES string of the molecule is COc1cncc(-c2ccc3nc(-c4cccnc4)nc(Nc4ccccc4C(N)=O)c3c2)c1. The number of aromatic nitrogens is 4. The third kappa shape index (κ3) is 4.12. The average Bonchev–Trinajstić information content (AvgIpc) is 2.89. The van der Waals surface area contributed by atoms with Crippen molar-refractivity contribution in [1.82, 2.24) is 19.9 Å². The number of anilines is 2. The molecule has 3 heterocycles. The molecule has 0 unspecified atom stereocenters. The molecule has 0 atom stereocenters. The number of amides is 1. The summed E-state index contributed by atoms with van der Waals surface area (Å²) in [5, 5.41) is 4.07. The van der Waals surface area contributed by atoms with E-state index in [0.29, 0.717) is 28.6 Å². The van der Waals surface area contributed by atoms with E-state index in [2.05, 4.69) is 15.3 Å². The van der Waals surface area contributed by atoms with Gasteiger partial charge in [0.1, 0.15) is 11.6 Å². The first-order valence-electron chi connectivity index (χ1n) is 10.5. The number of hydrogen-bond acceptors (Lipinski definition) is 7. The van der Waals surface area contributed by atoms with Crippen molar-refractivity contribution < 1.29 is 9.53 Å². The maximum Gasteiger partial charge on any atom is 0.250 e. The highest BCUT2D eigenvalue weighted by atomic mass is 16.5. The molecule has 5 aromatic rings. The zero-order chi connectivity index (χ0) is 23.5. The van der Waals surface area contributed by atoms with Crippen molar-refractivity contribution in [3.05, 3.63) is 91.0 Å². The van der Waals surface area contributed by atoms with Crippen LogP contribution in [-0.2, 0) is 0 Å². The molecule has 0 aliphatic heterocycles. The predicted molar refractivity (Wildman–Crippen MR) is 131 cm³/mol. The molecule has 0 aliphatic carbocycles. The average molecular weight is 448 g/mol. The molecule has 0 radical (unpaired) electrons. The van der Waals surface area contributed by atoms with Gasteiger partial charge in [-0.05, 0) is 48.0 Å². The monoisotopic (exact) mass is 448 g/mol. The van der Waals surface area contributed by atoms with Gasteiger partial charge in [0, 0.05) is 35.1 Å². The maximum atomic E-state index is 12.0. The summed E-state index contributed by atoms with van der Waals surface area (Å²) in [7, 11) is 1.60. The lowest BCUT2D eigenvalue weighted by Crippen LogP contribution is -2.13. The van der Waals surface area contributed by atoms with Crippen LogP contribution in [0.2, 0.25) is 0 Å². The molecule has 0 fully saturated rings. The van der Waals surface area contributed by atoms with Crippen molar-refractivity contribution >= 4 is 28.3 Å². The van der Waals surface area contributed by atoms with Crippen molar-refractivity contribution in [1.29, 1.82) is 0 Å². The van der Waals surface area contributed by atoms with Crippen LogP contribution in [0, 0.1) is 0 Å². The molecule has 0 bridgehead atoms. The molecular weight excluding hydrogens is 428 g/mol. The van der Waals surface area contributed by atoms with Crippen LogP contribution >= 0.6 is 0 Å². The van der Waals surface area contributed by atoms with Crippen molar-refractivity contribution in [2.24, 2.45) is 5.73 Å². The van der Waals surface area contributed by atoms with Crippen LogP contribution in [0.25, 0.3) is 33.4 Å². The first-order valence-corrected chi connectivity index (χ1v) is 10.5. The number of nitrogens with zero attached hydrogens (tertiary/aromatic N) is 4. The Morgan fingerprint density at radius 3 is 2.53 bits per heavy atom. The van der Waals surface area contributed by atoms with Crippen LogP contribution in [0.1, 0.15) is 10.4 Å². The quantitative estimate of drug-likeness (QED) is 0.390. The van der Waals surface area contributed by atoms with Gasteiger partial charge >= 0.3 is 0 Å². The summed E-state index contributed by atoms with van der Waals surface area (Å²) in [6.45, 7) is 0. The number of ether oxygens (including phenoxy) is 1. The van der Waals surface area contributed by atoms with Crippen LogP contribution in [0.15, 0.2) is 85.5 Å². The van der Waals surface area contributed by atoms with Crippen LogP contribution in [-0.4, -0.2) is 33.0 Å². The molecule has 0 spiro atoms. The van der Waals surface area contributed by atoms with Gasteiger partial charge in [0.2, 0.25) is 0 Å². The maximum absolute atomic E-state index is 12.0. The Hall–Kier alpha value is -4.85. The normalized spacial score (nSPS) is 10.7. The lowest BCUT2D eigenvalue weighted by atomic mass is 10.0. The highest BCUT2D eigenvalue weighted by molar-refractivity contribution is 6.01. The second-order valence-electron chi connectivity index (χ2n) is 7.52. The van der Waals surface area contributed by atoms with Gasteiger partial charge < -0.3 is 15.8 Å². The number of pyridine rings is 2. The van der Waals surface area contributed by atoms with Gasteiger partial charge in [-0.25, -0.2) is 9.97 Å². The first-order chi connectivity index (χ1) is 16.6. The smallest absolute Gasteiger partial charge is 0.250 e. The number of rotatable bonds is 6. The van der Waals surface area contributed by atoms with Crippen molar-refractivity contribution in [2.75, 3.05) is 12.4 Å². The number of benzene rings is 2. The molecule has 3 aromatic heterocycles. The number of carbonyl (C=O) groups is 1. The molecule has 0 saturated heterocycles. The number of para-hydroxylation sites is 1. The third-order valence-corrected chi connectivity index (χ3v) is 5.34. The number of hydrogen-bond donors (Lipinski definition) is 2. The number of carbonyl (C=O) groups excluding carboxylic acids is 1. The molecular formula is C26H20N6O2. The molecule has 2 aromatic carbocycles. The summed E-state index contributed by atoms with van der Waals surface area (Å²) in [6, 6.07) is 18.6. The van der Waals surface area contributed by atoms with E-state index >= 15 is 0 Å². The van der Waals surface area contributed by atoms with Crippen LogP contribution in [0.3, 0.4) is 0 Å². The summed E-state index contributed by atoms with van der Waals surface area (Å²) in [5.74, 6) is 1.18. The number of fused-ring (bicyclic) bond motifs is 1. The Bertz CT molecular complexity index is 1500. The number of primary amides is 1. The van der Waals surface area contributed by atoms with E-state index < -0.39 is 5.91 Å². The molecule has 34 heavy (non-hydrogen) atoms. The number of methoxy groups -OCH3 is 1. The molecule has 8 heteroatoms. The first kappa shape index (κ1) is 21.0. The largest absolute Gasteiger partial charge is 0.495 e. The number of nitrogens with one attached hydrogen (secondary N) is 1. The zero-order valence-corrected chi connectivity index (χ0v) is 18.3. The Balaban J connectivity index is 1.70. The lowest BCUT2D eigenvalue weighted by molar-refractivity contribution is 0.100. The van der Waals surface area contributed by atoms with E-state index in [9.17, 15) is 4.79 Å². The van der Waals surface area contributed by atoms with Gasteiger partial charge in [0.25, 0.3) is 5.91 Å². The highest BCUT2D eigenvalue weighted by Gasteiger charge is 2.14. The minimum Gasteiger partial charge on any atom is -0.495 e. The highest BCUT2D eigenvalue weighted by Crippen LogP contribution is 2.32. The van der Waals surface area contributed by atoms with E-state index in [1.54, 1.807) is 50.1 Å². The standard InChI is InChI=1S/C26H20N6O2/c1-34-19-11-18(14-29-15-19)16-8-9-23-21(12-16)26(31-22-7-3-2-6-20(22)24(27)33)32-25(30-23)17-5-4-10-28-13-17/h2-15H,1H3,(H2,27,33)(H,30,31,32). The second-order valence-corrected chi connectivity index (χ2v) is 7.52. The van der Waals surface area contributed by atoms with Gasteiger partial charge in [0.15, 0.2) is 5.82 Å². The van der Waals surface area contributed by atoms with Crippen LogP contribution in [0.5, 0.6) is 5.75 Å². The molecule has 1 amide bonds. The second kappa shape index (κ2) is 8.95. The molecule has 166 valence electrons. The van der Waals surface area contributed by atoms with E-state index in [1.807, 2.05) is 42.5 Å². The van der Waals surface area contributed by atoms with Crippen molar-refractivity contribution in [3.8, 4) is 28.3 Å². The third-order valence-electron chi connectivity index (χ3n) is 5.34. The zero-order valence-electron chi connectivity index (χ0n) is 18.3. The van der Waals surface area contributed by atoms with Gasteiger partial charge in [-0.1, -0.05) is 18.2 Å².